The van der Waals surface area contributed by atoms with E-state index in [4.69, 9.17) is 9.47 Å². The number of ether oxygens (including phenoxy) is 2. The van der Waals surface area contributed by atoms with Crippen molar-refractivity contribution >= 4 is 11.8 Å². The van der Waals surface area contributed by atoms with Crippen LogP contribution in [0.4, 0.5) is 0 Å². The Bertz CT molecular complexity index is 463. The lowest BCUT2D eigenvalue weighted by molar-refractivity contribution is -0.123. The Morgan fingerprint density at radius 1 is 1.05 bits per heavy atom. The van der Waals surface area contributed by atoms with Crippen LogP contribution in [0.2, 0.25) is 0 Å². The number of rotatable bonds is 9. The van der Waals surface area contributed by atoms with Gasteiger partial charge in [0.05, 0.1) is 7.11 Å². The second-order valence-corrected chi connectivity index (χ2v) is 4.48. The van der Waals surface area contributed by atoms with E-state index in [1.54, 1.807) is 19.2 Å². The van der Waals surface area contributed by atoms with E-state index in [0.717, 1.165) is 12.8 Å². The zero-order valence-electron chi connectivity index (χ0n) is 12.5. The molecule has 6 heteroatoms. The van der Waals surface area contributed by atoms with E-state index in [1.807, 2.05) is 12.1 Å². The number of hydrogen-bond acceptors (Lipinski definition) is 4. The predicted octanol–water partition coefficient (Wildman–Crippen LogP) is 1.11. The molecular formula is C15H22N2O4. The molecule has 0 aromatic heterocycles. The highest BCUT2D eigenvalue weighted by Gasteiger charge is 2.06. The molecule has 0 unspecified atom stereocenters. The van der Waals surface area contributed by atoms with Gasteiger partial charge >= 0.3 is 0 Å². The van der Waals surface area contributed by atoms with E-state index in [0.29, 0.717) is 24.6 Å². The third-order valence-electron chi connectivity index (χ3n) is 2.73. The number of amides is 2. The lowest BCUT2D eigenvalue weighted by Gasteiger charge is -2.10. The molecule has 0 aliphatic rings. The van der Waals surface area contributed by atoms with E-state index in [1.165, 1.54) is 6.92 Å². The number of para-hydroxylation sites is 2. The molecule has 0 radical (unpaired) electrons. The molecule has 0 spiro atoms. The number of carbonyl (C=O) groups is 2. The van der Waals surface area contributed by atoms with Crippen molar-refractivity contribution in [1.29, 1.82) is 0 Å². The van der Waals surface area contributed by atoms with Crippen LogP contribution in [0, 0.1) is 0 Å². The number of methoxy groups -OCH3 is 1. The first-order valence-electron chi connectivity index (χ1n) is 6.90. The Morgan fingerprint density at radius 2 is 1.67 bits per heavy atom. The quantitative estimate of drug-likeness (QED) is 0.669. The van der Waals surface area contributed by atoms with E-state index < -0.39 is 0 Å². The Morgan fingerprint density at radius 3 is 2.29 bits per heavy atom. The molecule has 6 nitrogen and oxygen atoms in total. The molecule has 116 valence electrons. The smallest absolute Gasteiger partial charge is 0.257 e. The molecule has 1 aromatic rings. The van der Waals surface area contributed by atoms with Gasteiger partial charge in [-0.25, -0.2) is 0 Å². The molecule has 0 aliphatic heterocycles. The zero-order chi connectivity index (χ0) is 15.5. The van der Waals surface area contributed by atoms with Gasteiger partial charge in [-0.05, 0) is 25.0 Å². The molecule has 0 saturated carbocycles. The van der Waals surface area contributed by atoms with Crippen molar-refractivity contribution in [2.45, 2.75) is 19.8 Å². The molecule has 1 rings (SSSR count). The molecule has 21 heavy (non-hydrogen) atoms. The average molecular weight is 294 g/mol. The van der Waals surface area contributed by atoms with Crippen LogP contribution in [0.25, 0.3) is 0 Å². The summed E-state index contributed by atoms with van der Waals surface area (Å²) in [4.78, 5) is 22.3. The monoisotopic (exact) mass is 294 g/mol. The van der Waals surface area contributed by atoms with Crippen molar-refractivity contribution in [3.8, 4) is 11.5 Å². The summed E-state index contributed by atoms with van der Waals surface area (Å²) in [6.07, 6.45) is 1.63. The number of unbranched alkanes of at least 4 members (excludes halogenated alkanes) is 1. The molecule has 2 amide bonds. The first-order valence-corrected chi connectivity index (χ1v) is 6.90. The number of carbonyl (C=O) groups excluding carboxylic acids is 2. The molecule has 0 aliphatic carbocycles. The van der Waals surface area contributed by atoms with Crippen molar-refractivity contribution in [2.24, 2.45) is 0 Å². The Kier molecular flexibility index (Phi) is 7.71. The fraction of sp³-hybridized carbons (Fsp3) is 0.467. The highest BCUT2D eigenvalue weighted by Crippen LogP contribution is 2.25. The van der Waals surface area contributed by atoms with Crippen molar-refractivity contribution in [3.05, 3.63) is 24.3 Å². The van der Waals surface area contributed by atoms with Crippen molar-refractivity contribution in [3.63, 3.8) is 0 Å². The summed E-state index contributed by atoms with van der Waals surface area (Å²) in [6.45, 7) is 2.62. The van der Waals surface area contributed by atoms with Gasteiger partial charge in [-0.2, -0.15) is 0 Å². The normalized spacial score (nSPS) is 9.81. The second kappa shape index (κ2) is 9.63. The van der Waals surface area contributed by atoms with E-state index >= 15 is 0 Å². The summed E-state index contributed by atoms with van der Waals surface area (Å²) in [7, 11) is 1.55. The van der Waals surface area contributed by atoms with Crippen LogP contribution in [-0.4, -0.2) is 38.6 Å². The maximum Gasteiger partial charge on any atom is 0.257 e. The lowest BCUT2D eigenvalue weighted by Crippen LogP contribution is -2.30. The van der Waals surface area contributed by atoms with Crippen LogP contribution in [0.5, 0.6) is 11.5 Å². The maximum atomic E-state index is 11.6. The van der Waals surface area contributed by atoms with Crippen LogP contribution < -0.4 is 20.1 Å². The molecule has 1 aromatic carbocycles. The van der Waals surface area contributed by atoms with E-state index in [2.05, 4.69) is 10.6 Å². The topological polar surface area (TPSA) is 76.7 Å². The lowest BCUT2D eigenvalue weighted by atomic mass is 10.3. The minimum Gasteiger partial charge on any atom is -0.493 e. The highest BCUT2D eigenvalue weighted by molar-refractivity contribution is 5.77. The fourth-order valence-electron chi connectivity index (χ4n) is 1.67. The first-order chi connectivity index (χ1) is 10.1. The van der Waals surface area contributed by atoms with Gasteiger partial charge in [-0.3, -0.25) is 9.59 Å². The van der Waals surface area contributed by atoms with E-state index in [-0.39, 0.29) is 18.4 Å². The van der Waals surface area contributed by atoms with Gasteiger partial charge in [0.15, 0.2) is 18.1 Å². The van der Waals surface area contributed by atoms with Crippen LogP contribution in [0.1, 0.15) is 19.8 Å². The minimum atomic E-state index is -0.180. The van der Waals surface area contributed by atoms with Crippen LogP contribution in [0.3, 0.4) is 0 Å². The standard InChI is InChI=1S/C15H22N2O4/c1-12(18)16-9-5-6-10-17-15(19)11-21-14-8-4-3-7-13(14)20-2/h3-4,7-8H,5-6,9-11H2,1-2H3,(H,16,18)(H,17,19). The number of nitrogens with one attached hydrogen (secondary N) is 2. The Hall–Kier alpha value is -2.24. The van der Waals surface area contributed by atoms with Gasteiger partial charge in [0, 0.05) is 20.0 Å². The zero-order valence-corrected chi connectivity index (χ0v) is 12.5. The summed E-state index contributed by atoms with van der Waals surface area (Å²) >= 11 is 0. The van der Waals surface area contributed by atoms with Gasteiger partial charge in [-0.1, -0.05) is 12.1 Å². The van der Waals surface area contributed by atoms with Crippen LogP contribution >= 0.6 is 0 Å². The molecule has 0 saturated heterocycles. The molecule has 0 atom stereocenters. The predicted molar refractivity (Wildman–Crippen MR) is 79.4 cm³/mol. The third-order valence-corrected chi connectivity index (χ3v) is 2.73. The number of hydrogen-bond donors (Lipinski definition) is 2. The average Bonchev–Trinajstić information content (AvgIpc) is 2.48. The van der Waals surface area contributed by atoms with Crippen molar-refractivity contribution < 1.29 is 19.1 Å². The second-order valence-electron chi connectivity index (χ2n) is 4.48. The SMILES string of the molecule is COc1ccccc1OCC(=O)NCCCCNC(C)=O. The molecule has 0 bridgehead atoms. The molecule has 2 N–H and O–H groups in total. The molecular weight excluding hydrogens is 272 g/mol. The maximum absolute atomic E-state index is 11.6. The van der Waals surface area contributed by atoms with Gasteiger partial charge in [0.25, 0.3) is 5.91 Å². The summed E-state index contributed by atoms with van der Waals surface area (Å²) in [5.74, 6) is 0.922. The summed E-state index contributed by atoms with van der Waals surface area (Å²) < 4.78 is 10.5. The Labute approximate surface area is 124 Å². The van der Waals surface area contributed by atoms with Crippen LogP contribution in [0.15, 0.2) is 24.3 Å². The van der Waals surface area contributed by atoms with Gasteiger partial charge in [-0.15, -0.1) is 0 Å². The summed E-state index contributed by atoms with van der Waals surface area (Å²) in [5.41, 5.74) is 0. The van der Waals surface area contributed by atoms with Gasteiger partial charge in [0.2, 0.25) is 5.91 Å². The molecule has 0 fully saturated rings. The third kappa shape index (κ3) is 7.20. The minimum absolute atomic E-state index is 0.0377. The van der Waals surface area contributed by atoms with Crippen molar-refractivity contribution in [1.82, 2.24) is 10.6 Å². The summed E-state index contributed by atoms with van der Waals surface area (Å²) in [6, 6.07) is 7.17. The first kappa shape index (κ1) is 16.8. The molecule has 0 heterocycles. The highest BCUT2D eigenvalue weighted by atomic mass is 16.5. The fourth-order valence-corrected chi connectivity index (χ4v) is 1.67. The van der Waals surface area contributed by atoms with Gasteiger partial charge in [0.1, 0.15) is 0 Å². The summed E-state index contributed by atoms with van der Waals surface area (Å²) in [5, 5.41) is 5.46. The largest absolute Gasteiger partial charge is 0.493 e. The van der Waals surface area contributed by atoms with Crippen LogP contribution in [-0.2, 0) is 9.59 Å². The van der Waals surface area contributed by atoms with E-state index in [9.17, 15) is 9.59 Å². The van der Waals surface area contributed by atoms with Gasteiger partial charge < -0.3 is 20.1 Å². The number of benzene rings is 1. The Balaban J connectivity index is 2.15. The van der Waals surface area contributed by atoms with Crippen molar-refractivity contribution in [2.75, 3.05) is 26.8 Å².